The second kappa shape index (κ2) is 2.76. The summed E-state index contributed by atoms with van der Waals surface area (Å²) in [6, 6.07) is 6.81. The smallest absolute Gasteiger partial charge is 0.307 e. The van der Waals surface area contributed by atoms with Crippen molar-refractivity contribution in [1.82, 2.24) is 0 Å². The standard InChI is InChI=1S/C10H10O3/c11-7-3-1-2-6(4-7)8-5-9(8)10(12)13/h1-4,8-9,11H,5H2,(H,12,13)/t8?,9-/m0/s1. The summed E-state index contributed by atoms with van der Waals surface area (Å²) in [5.41, 5.74) is 0.924. The molecule has 68 valence electrons. The Labute approximate surface area is 75.6 Å². The molecule has 1 aliphatic carbocycles. The number of carbonyl (C=O) groups is 1. The van der Waals surface area contributed by atoms with Crippen LogP contribution in [0.15, 0.2) is 24.3 Å². The fourth-order valence-corrected chi connectivity index (χ4v) is 1.59. The minimum Gasteiger partial charge on any atom is -0.508 e. The summed E-state index contributed by atoms with van der Waals surface area (Å²) in [7, 11) is 0. The third-order valence-electron chi connectivity index (χ3n) is 2.41. The predicted octanol–water partition coefficient (Wildman–Crippen LogP) is 1.58. The van der Waals surface area contributed by atoms with Crippen LogP contribution in [-0.2, 0) is 4.79 Å². The second-order valence-electron chi connectivity index (χ2n) is 3.38. The molecule has 2 atom stereocenters. The molecule has 0 aliphatic heterocycles. The van der Waals surface area contributed by atoms with Crippen molar-refractivity contribution in [3.8, 4) is 5.75 Å². The van der Waals surface area contributed by atoms with E-state index in [1.165, 1.54) is 0 Å². The van der Waals surface area contributed by atoms with E-state index in [0.717, 1.165) is 5.56 Å². The molecule has 1 aromatic rings. The number of phenolic OH excluding ortho intramolecular Hbond substituents is 1. The number of phenols is 1. The molecule has 0 amide bonds. The van der Waals surface area contributed by atoms with Crippen LogP contribution in [0.3, 0.4) is 0 Å². The molecule has 0 bridgehead atoms. The lowest BCUT2D eigenvalue weighted by atomic mass is 10.1. The maximum atomic E-state index is 10.6. The Balaban J connectivity index is 2.16. The zero-order valence-electron chi connectivity index (χ0n) is 6.97. The summed E-state index contributed by atoms with van der Waals surface area (Å²) in [4.78, 5) is 10.6. The largest absolute Gasteiger partial charge is 0.508 e. The van der Waals surface area contributed by atoms with E-state index < -0.39 is 5.97 Å². The highest BCUT2D eigenvalue weighted by atomic mass is 16.4. The highest BCUT2D eigenvalue weighted by molar-refractivity contribution is 5.75. The summed E-state index contributed by atoms with van der Waals surface area (Å²) >= 11 is 0. The van der Waals surface area contributed by atoms with Gasteiger partial charge >= 0.3 is 5.97 Å². The van der Waals surface area contributed by atoms with Gasteiger partial charge in [0, 0.05) is 0 Å². The highest BCUT2D eigenvalue weighted by Crippen LogP contribution is 2.47. The van der Waals surface area contributed by atoms with Crippen LogP contribution >= 0.6 is 0 Å². The van der Waals surface area contributed by atoms with Crippen molar-refractivity contribution in [2.75, 3.05) is 0 Å². The van der Waals surface area contributed by atoms with Crippen molar-refractivity contribution < 1.29 is 15.0 Å². The van der Waals surface area contributed by atoms with Crippen LogP contribution in [0, 0.1) is 5.92 Å². The Hall–Kier alpha value is -1.51. The van der Waals surface area contributed by atoms with Gasteiger partial charge in [0.2, 0.25) is 0 Å². The quantitative estimate of drug-likeness (QED) is 0.722. The maximum absolute atomic E-state index is 10.6. The molecule has 3 nitrogen and oxygen atoms in total. The van der Waals surface area contributed by atoms with Gasteiger partial charge in [0.25, 0.3) is 0 Å². The van der Waals surface area contributed by atoms with E-state index >= 15 is 0 Å². The number of hydrogen-bond donors (Lipinski definition) is 2. The molecule has 0 aromatic heterocycles. The molecule has 2 rings (SSSR count). The van der Waals surface area contributed by atoms with Crippen molar-refractivity contribution in [2.45, 2.75) is 12.3 Å². The van der Waals surface area contributed by atoms with Crippen molar-refractivity contribution in [3.63, 3.8) is 0 Å². The molecular weight excluding hydrogens is 168 g/mol. The summed E-state index contributed by atoms with van der Waals surface area (Å²) in [6.45, 7) is 0. The molecule has 1 fully saturated rings. The predicted molar refractivity (Wildman–Crippen MR) is 46.6 cm³/mol. The van der Waals surface area contributed by atoms with Crippen LogP contribution < -0.4 is 0 Å². The minimum atomic E-state index is -0.742. The number of aromatic hydroxyl groups is 1. The molecular formula is C10H10O3. The van der Waals surface area contributed by atoms with Gasteiger partial charge in [-0.3, -0.25) is 4.79 Å². The van der Waals surface area contributed by atoms with Crippen LogP contribution in [-0.4, -0.2) is 16.2 Å². The number of rotatable bonds is 2. The molecule has 2 N–H and O–H groups in total. The van der Waals surface area contributed by atoms with E-state index in [2.05, 4.69) is 0 Å². The first-order valence-electron chi connectivity index (χ1n) is 4.20. The van der Waals surface area contributed by atoms with E-state index in [9.17, 15) is 4.79 Å². The third-order valence-corrected chi connectivity index (χ3v) is 2.41. The summed E-state index contributed by atoms with van der Waals surface area (Å²) < 4.78 is 0. The van der Waals surface area contributed by atoms with Gasteiger partial charge in [-0.2, -0.15) is 0 Å². The van der Waals surface area contributed by atoms with Crippen molar-refractivity contribution in [2.24, 2.45) is 5.92 Å². The van der Waals surface area contributed by atoms with Gasteiger partial charge in [0.05, 0.1) is 5.92 Å². The van der Waals surface area contributed by atoms with Crippen LogP contribution in [0.25, 0.3) is 0 Å². The number of benzene rings is 1. The molecule has 0 saturated heterocycles. The van der Waals surface area contributed by atoms with Gasteiger partial charge in [-0.15, -0.1) is 0 Å². The molecule has 1 aromatic carbocycles. The first-order valence-corrected chi connectivity index (χ1v) is 4.20. The molecule has 13 heavy (non-hydrogen) atoms. The Kier molecular flexibility index (Phi) is 1.72. The fraction of sp³-hybridized carbons (Fsp3) is 0.300. The van der Waals surface area contributed by atoms with Crippen molar-refractivity contribution >= 4 is 5.97 Å². The molecule has 0 radical (unpaired) electrons. The van der Waals surface area contributed by atoms with Gasteiger partial charge in [0.15, 0.2) is 0 Å². The van der Waals surface area contributed by atoms with Gasteiger partial charge in [0.1, 0.15) is 5.75 Å². The lowest BCUT2D eigenvalue weighted by Gasteiger charge is -1.98. The van der Waals surface area contributed by atoms with Crippen molar-refractivity contribution in [3.05, 3.63) is 29.8 Å². The SMILES string of the molecule is O=C(O)[C@H]1CC1c1cccc(O)c1. The topological polar surface area (TPSA) is 57.5 Å². The number of aliphatic carboxylic acids is 1. The molecule has 1 saturated carbocycles. The van der Waals surface area contributed by atoms with Gasteiger partial charge in [-0.05, 0) is 30.0 Å². The van der Waals surface area contributed by atoms with Gasteiger partial charge < -0.3 is 10.2 Å². The van der Waals surface area contributed by atoms with E-state index in [4.69, 9.17) is 10.2 Å². The lowest BCUT2D eigenvalue weighted by molar-refractivity contribution is -0.138. The van der Waals surface area contributed by atoms with Crippen LogP contribution in [0.5, 0.6) is 5.75 Å². The molecule has 0 spiro atoms. The second-order valence-corrected chi connectivity index (χ2v) is 3.38. The fourth-order valence-electron chi connectivity index (χ4n) is 1.59. The number of carboxylic acids is 1. The molecule has 1 unspecified atom stereocenters. The Morgan fingerprint density at radius 1 is 1.46 bits per heavy atom. The first-order chi connectivity index (χ1) is 6.18. The minimum absolute atomic E-state index is 0.101. The van der Waals surface area contributed by atoms with E-state index in [1.807, 2.05) is 6.07 Å². The van der Waals surface area contributed by atoms with E-state index in [-0.39, 0.29) is 17.6 Å². The van der Waals surface area contributed by atoms with Gasteiger partial charge in [-0.1, -0.05) is 12.1 Å². The summed E-state index contributed by atoms with van der Waals surface area (Å²) in [5, 5.41) is 17.9. The zero-order chi connectivity index (χ0) is 9.42. The number of carboxylic acid groups (broad SMARTS) is 1. The average molecular weight is 178 g/mol. The normalized spacial score (nSPS) is 25.5. The molecule has 0 heterocycles. The van der Waals surface area contributed by atoms with Crippen LogP contribution in [0.2, 0.25) is 0 Å². The zero-order valence-corrected chi connectivity index (χ0v) is 6.97. The summed E-state index contributed by atoms with van der Waals surface area (Å²) in [5.74, 6) is -0.687. The Morgan fingerprint density at radius 2 is 2.23 bits per heavy atom. The monoisotopic (exact) mass is 178 g/mol. The average Bonchev–Trinajstić information content (AvgIpc) is 2.82. The summed E-state index contributed by atoms with van der Waals surface area (Å²) in [6.07, 6.45) is 0.693. The van der Waals surface area contributed by atoms with Crippen molar-refractivity contribution in [1.29, 1.82) is 0 Å². The Bertz CT molecular complexity index is 346. The third kappa shape index (κ3) is 1.49. The highest BCUT2D eigenvalue weighted by Gasteiger charge is 2.44. The number of hydrogen-bond acceptors (Lipinski definition) is 2. The maximum Gasteiger partial charge on any atom is 0.307 e. The lowest BCUT2D eigenvalue weighted by Crippen LogP contribution is -1.98. The van der Waals surface area contributed by atoms with Crippen LogP contribution in [0.4, 0.5) is 0 Å². The van der Waals surface area contributed by atoms with E-state index in [0.29, 0.717) is 6.42 Å². The Morgan fingerprint density at radius 3 is 2.77 bits per heavy atom. The molecule has 1 aliphatic rings. The van der Waals surface area contributed by atoms with E-state index in [1.54, 1.807) is 18.2 Å². The first kappa shape index (κ1) is 8.10. The molecule has 3 heteroatoms. The van der Waals surface area contributed by atoms with Crippen LogP contribution in [0.1, 0.15) is 17.9 Å². The van der Waals surface area contributed by atoms with Gasteiger partial charge in [-0.25, -0.2) is 0 Å².